The number of hydrogen-bond donors (Lipinski definition) is 4. The van der Waals surface area contributed by atoms with E-state index in [4.69, 9.17) is 0 Å². The lowest BCUT2D eigenvalue weighted by atomic mass is 9.84. The molecule has 9 heteroatoms. The van der Waals surface area contributed by atoms with Crippen LogP contribution in [0.4, 0.5) is 5.82 Å². The highest BCUT2D eigenvalue weighted by atomic mass is 16.2. The minimum absolute atomic E-state index is 0.0721. The van der Waals surface area contributed by atoms with Crippen molar-refractivity contribution in [2.45, 2.75) is 59.9 Å². The van der Waals surface area contributed by atoms with Gasteiger partial charge in [0.05, 0.1) is 5.69 Å². The van der Waals surface area contributed by atoms with Crippen molar-refractivity contribution in [1.82, 2.24) is 25.7 Å². The van der Waals surface area contributed by atoms with Crippen LogP contribution >= 0.6 is 0 Å². The van der Waals surface area contributed by atoms with Gasteiger partial charge in [0.15, 0.2) is 6.29 Å². The first-order valence-corrected chi connectivity index (χ1v) is 10.3. The Morgan fingerprint density at radius 3 is 2.48 bits per heavy atom. The smallest absolute Gasteiger partial charge is 0.314 e. The van der Waals surface area contributed by atoms with Crippen molar-refractivity contribution in [3.63, 3.8) is 0 Å². The summed E-state index contributed by atoms with van der Waals surface area (Å²) >= 11 is 0. The maximum absolute atomic E-state index is 12.4. The molecule has 2 aromatic rings. The second kappa shape index (κ2) is 8.89. The third kappa shape index (κ3) is 5.69. The van der Waals surface area contributed by atoms with Crippen LogP contribution in [-0.4, -0.2) is 33.5 Å². The lowest BCUT2D eigenvalue weighted by Gasteiger charge is -2.39. The summed E-state index contributed by atoms with van der Waals surface area (Å²) in [7, 11) is 0. The fourth-order valence-corrected chi connectivity index (χ4v) is 3.32. The Morgan fingerprint density at radius 1 is 1.16 bits per heavy atom. The molecule has 31 heavy (non-hydrogen) atoms. The van der Waals surface area contributed by atoms with Crippen LogP contribution in [0.15, 0.2) is 30.3 Å². The van der Waals surface area contributed by atoms with E-state index in [1.165, 1.54) is 4.68 Å². The van der Waals surface area contributed by atoms with Crippen LogP contribution in [0.1, 0.15) is 50.3 Å². The highest BCUT2D eigenvalue weighted by Crippen LogP contribution is 2.27. The molecule has 0 spiro atoms. The molecule has 3 amide bonds. The Bertz CT molecular complexity index is 974. The zero-order valence-corrected chi connectivity index (χ0v) is 18.6. The predicted octanol–water partition coefficient (Wildman–Crippen LogP) is 1.74. The van der Waals surface area contributed by atoms with Crippen LogP contribution in [-0.2, 0) is 20.9 Å². The summed E-state index contributed by atoms with van der Waals surface area (Å²) in [6.07, 6.45) is -0.284. The zero-order chi connectivity index (χ0) is 22.8. The van der Waals surface area contributed by atoms with E-state index in [1.54, 1.807) is 13.0 Å². The zero-order valence-electron chi connectivity index (χ0n) is 18.6. The van der Waals surface area contributed by atoms with Gasteiger partial charge in [-0.25, -0.2) is 4.68 Å². The molecule has 0 aliphatic carbocycles. The predicted molar refractivity (Wildman–Crippen MR) is 117 cm³/mol. The number of benzene rings is 1. The lowest BCUT2D eigenvalue weighted by molar-refractivity contribution is -0.136. The van der Waals surface area contributed by atoms with Gasteiger partial charge in [-0.3, -0.25) is 19.7 Å². The molecule has 9 nitrogen and oxygen atoms in total. The SMILES string of the molecule is Cc1ccc(CNC(=O)C(=O)Nc2cc(C)nn2C2NC(=O)CC(C(C)(C)C)N2)cc1. The summed E-state index contributed by atoms with van der Waals surface area (Å²) in [5, 5.41) is 15.8. The van der Waals surface area contributed by atoms with Crippen LogP contribution in [0.5, 0.6) is 0 Å². The molecule has 166 valence electrons. The van der Waals surface area contributed by atoms with Crippen LogP contribution in [0, 0.1) is 19.3 Å². The molecular formula is C22H30N6O3. The second-order valence-corrected chi connectivity index (χ2v) is 9.00. The molecule has 4 N–H and O–H groups in total. The van der Waals surface area contributed by atoms with Crippen molar-refractivity contribution >= 4 is 23.5 Å². The maximum Gasteiger partial charge on any atom is 0.314 e. The topological polar surface area (TPSA) is 117 Å². The number of nitrogens with one attached hydrogen (secondary N) is 4. The van der Waals surface area contributed by atoms with Crippen LogP contribution in [0.3, 0.4) is 0 Å². The Kier molecular flexibility index (Phi) is 6.45. The van der Waals surface area contributed by atoms with E-state index in [0.717, 1.165) is 11.1 Å². The Hall–Kier alpha value is -3.20. The summed E-state index contributed by atoms with van der Waals surface area (Å²) < 4.78 is 1.48. The van der Waals surface area contributed by atoms with Crippen molar-refractivity contribution in [3.8, 4) is 0 Å². The summed E-state index contributed by atoms with van der Waals surface area (Å²) in [4.78, 5) is 37.0. The molecule has 1 aliphatic heterocycles. The van der Waals surface area contributed by atoms with Gasteiger partial charge >= 0.3 is 11.8 Å². The number of anilines is 1. The molecule has 1 fully saturated rings. The van der Waals surface area contributed by atoms with Crippen molar-refractivity contribution in [2.24, 2.45) is 5.41 Å². The first kappa shape index (κ1) is 22.5. The molecule has 0 saturated carbocycles. The van der Waals surface area contributed by atoms with E-state index in [2.05, 4.69) is 47.1 Å². The number of carbonyl (C=O) groups excluding carboxylic acids is 3. The van der Waals surface area contributed by atoms with Gasteiger partial charge in [-0.15, -0.1) is 0 Å². The molecule has 2 atom stereocenters. The van der Waals surface area contributed by atoms with Gasteiger partial charge < -0.3 is 16.0 Å². The number of hydrogen-bond acceptors (Lipinski definition) is 5. The highest BCUT2D eigenvalue weighted by Gasteiger charge is 2.35. The fraction of sp³-hybridized carbons (Fsp3) is 0.455. The highest BCUT2D eigenvalue weighted by molar-refractivity contribution is 6.39. The standard InChI is InChI=1S/C22H30N6O3/c1-13-6-8-15(9-7-13)12-23-19(30)20(31)25-17-10-14(2)27-28(17)21-24-16(22(3,4)5)11-18(29)26-21/h6-10,16,21,24H,11-12H2,1-5H3,(H,23,30)(H,25,31)(H,26,29). The van der Waals surface area contributed by atoms with Crippen LogP contribution < -0.4 is 21.3 Å². The molecule has 2 heterocycles. The summed E-state index contributed by atoms with van der Waals surface area (Å²) in [6, 6.07) is 9.26. The number of aryl methyl sites for hydroxylation is 2. The third-order valence-corrected chi connectivity index (χ3v) is 5.22. The van der Waals surface area contributed by atoms with Gasteiger partial charge in [0, 0.05) is 25.1 Å². The normalized spacial score (nSPS) is 18.9. The van der Waals surface area contributed by atoms with Crippen LogP contribution in [0.2, 0.25) is 0 Å². The van der Waals surface area contributed by atoms with Gasteiger partial charge in [-0.1, -0.05) is 50.6 Å². The Morgan fingerprint density at radius 2 is 1.84 bits per heavy atom. The van der Waals surface area contributed by atoms with E-state index >= 15 is 0 Å². The fourth-order valence-electron chi connectivity index (χ4n) is 3.32. The van der Waals surface area contributed by atoms with E-state index in [-0.39, 0.29) is 23.9 Å². The summed E-state index contributed by atoms with van der Waals surface area (Å²) in [6.45, 7) is 10.2. The number of nitrogens with zero attached hydrogens (tertiary/aromatic N) is 2. The quantitative estimate of drug-likeness (QED) is 0.556. The molecule has 1 aliphatic rings. The van der Waals surface area contributed by atoms with Gasteiger partial charge in [0.2, 0.25) is 5.91 Å². The van der Waals surface area contributed by atoms with Gasteiger partial charge in [-0.05, 0) is 24.8 Å². The van der Waals surface area contributed by atoms with Gasteiger partial charge in [-0.2, -0.15) is 5.10 Å². The lowest BCUT2D eigenvalue weighted by Crippen LogP contribution is -2.57. The maximum atomic E-state index is 12.4. The molecule has 0 radical (unpaired) electrons. The van der Waals surface area contributed by atoms with Gasteiger partial charge in [0.1, 0.15) is 5.82 Å². The average Bonchev–Trinajstić information content (AvgIpc) is 3.06. The minimum Gasteiger partial charge on any atom is -0.344 e. The first-order valence-electron chi connectivity index (χ1n) is 10.3. The minimum atomic E-state index is -0.803. The van der Waals surface area contributed by atoms with E-state index in [0.29, 0.717) is 17.9 Å². The molecule has 2 unspecified atom stereocenters. The largest absolute Gasteiger partial charge is 0.344 e. The van der Waals surface area contributed by atoms with Gasteiger partial charge in [0.25, 0.3) is 0 Å². The van der Waals surface area contributed by atoms with Crippen LogP contribution in [0.25, 0.3) is 0 Å². The first-order chi connectivity index (χ1) is 14.5. The van der Waals surface area contributed by atoms with E-state index in [9.17, 15) is 14.4 Å². The van der Waals surface area contributed by atoms with E-state index < -0.39 is 18.1 Å². The Labute approximate surface area is 182 Å². The Balaban J connectivity index is 1.68. The molecule has 1 aromatic carbocycles. The number of aromatic nitrogens is 2. The van der Waals surface area contributed by atoms with Crippen molar-refractivity contribution < 1.29 is 14.4 Å². The summed E-state index contributed by atoms with van der Waals surface area (Å²) in [5.41, 5.74) is 2.52. The summed E-state index contributed by atoms with van der Waals surface area (Å²) in [5.74, 6) is -1.34. The molecule has 1 saturated heterocycles. The third-order valence-electron chi connectivity index (χ3n) is 5.22. The molecule has 0 bridgehead atoms. The average molecular weight is 427 g/mol. The van der Waals surface area contributed by atoms with Crippen molar-refractivity contribution in [2.75, 3.05) is 5.32 Å². The molecule has 1 aromatic heterocycles. The van der Waals surface area contributed by atoms with Crippen molar-refractivity contribution in [3.05, 3.63) is 47.2 Å². The molecular weight excluding hydrogens is 396 g/mol. The molecule has 3 rings (SSSR count). The number of amides is 3. The number of rotatable bonds is 4. The van der Waals surface area contributed by atoms with E-state index in [1.807, 2.05) is 31.2 Å². The monoisotopic (exact) mass is 426 g/mol. The second-order valence-electron chi connectivity index (χ2n) is 9.00. The number of carbonyl (C=O) groups is 3. The van der Waals surface area contributed by atoms with Crippen molar-refractivity contribution in [1.29, 1.82) is 0 Å².